The van der Waals surface area contributed by atoms with Gasteiger partial charge in [-0.1, -0.05) is 13.3 Å². The van der Waals surface area contributed by atoms with Crippen LogP contribution in [0.15, 0.2) is 39.5 Å². The summed E-state index contributed by atoms with van der Waals surface area (Å²) in [5.41, 5.74) is 5.80. The van der Waals surface area contributed by atoms with Gasteiger partial charge in [0.2, 0.25) is 5.91 Å². The second-order valence-corrected chi connectivity index (χ2v) is 5.13. The molecule has 2 aromatic rings. The van der Waals surface area contributed by atoms with Crippen molar-refractivity contribution in [2.45, 2.75) is 32.2 Å². The number of hydrogen-bond acceptors (Lipinski definition) is 4. The number of amides is 1. The van der Waals surface area contributed by atoms with Crippen molar-refractivity contribution < 1.29 is 9.21 Å². The molecule has 0 saturated carbocycles. The van der Waals surface area contributed by atoms with E-state index in [1.807, 2.05) is 6.92 Å². The minimum absolute atomic E-state index is 0.226. The predicted octanol–water partition coefficient (Wildman–Crippen LogP) is 2.25. The van der Waals surface area contributed by atoms with Crippen LogP contribution in [0.2, 0.25) is 0 Å². The molecule has 106 valence electrons. The lowest BCUT2D eigenvalue weighted by molar-refractivity contribution is -0.120. The van der Waals surface area contributed by atoms with Crippen molar-refractivity contribution in [3.8, 4) is 0 Å². The Bertz CT molecular complexity index is 689. The number of hydrogen-bond donors (Lipinski definition) is 2. The highest BCUT2D eigenvalue weighted by molar-refractivity contribution is 5.98. The van der Waals surface area contributed by atoms with Gasteiger partial charge in [-0.3, -0.25) is 4.79 Å². The highest BCUT2D eigenvalue weighted by atomic mass is 16.4. The van der Waals surface area contributed by atoms with E-state index in [1.165, 1.54) is 6.07 Å². The fourth-order valence-electron chi connectivity index (χ4n) is 2.06. The zero-order chi connectivity index (χ0) is 14.8. The molecule has 0 aliphatic carbocycles. The van der Waals surface area contributed by atoms with Gasteiger partial charge in [-0.05, 0) is 37.6 Å². The summed E-state index contributed by atoms with van der Waals surface area (Å²) in [5, 5.41) is 3.54. The van der Waals surface area contributed by atoms with Crippen LogP contribution >= 0.6 is 0 Å². The minimum Gasteiger partial charge on any atom is -0.423 e. The molecular formula is C15H18N2O3. The summed E-state index contributed by atoms with van der Waals surface area (Å²) in [4.78, 5) is 23.2. The summed E-state index contributed by atoms with van der Waals surface area (Å²) in [6.45, 7) is 3.70. The topological polar surface area (TPSA) is 85.3 Å². The van der Waals surface area contributed by atoms with Crippen molar-refractivity contribution in [1.29, 1.82) is 0 Å². The molecule has 1 aromatic carbocycles. The number of fused-ring (bicyclic) bond motifs is 1. The Morgan fingerprint density at radius 2 is 2.10 bits per heavy atom. The van der Waals surface area contributed by atoms with Crippen molar-refractivity contribution >= 4 is 22.6 Å². The Labute approximate surface area is 116 Å². The van der Waals surface area contributed by atoms with Gasteiger partial charge in [0, 0.05) is 17.1 Å². The fraction of sp³-hybridized carbons (Fsp3) is 0.333. The molecule has 0 aliphatic rings. The minimum atomic E-state index is -0.896. The van der Waals surface area contributed by atoms with Crippen molar-refractivity contribution in [3.05, 3.63) is 40.8 Å². The van der Waals surface area contributed by atoms with Gasteiger partial charge in [-0.15, -0.1) is 0 Å². The molecule has 2 rings (SSSR count). The molecule has 0 fully saturated rings. The van der Waals surface area contributed by atoms with E-state index >= 15 is 0 Å². The van der Waals surface area contributed by atoms with E-state index in [9.17, 15) is 9.59 Å². The number of nitrogens with two attached hydrogens (primary N) is 1. The van der Waals surface area contributed by atoms with Crippen LogP contribution in [0, 0.1) is 0 Å². The van der Waals surface area contributed by atoms with Gasteiger partial charge in [0.25, 0.3) is 0 Å². The van der Waals surface area contributed by atoms with Gasteiger partial charge < -0.3 is 15.5 Å². The normalized spacial score (nSPS) is 13.9. The van der Waals surface area contributed by atoms with Crippen LogP contribution in [0.3, 0.4) is 0 Å². The Kier molecular flexibility index (Phi) is 3.90. The molecule has 1 aromatic heterocycles. The molecule has 0 aliphatic heterocycles. The van der Waals surface area contributed by atoms with Crippen molar-refractivity contribution in [2.24, 2.45) is 5.73 Å². The average Bonchev–Trinajstić information content (AvgIpc) is 2.39. The Hall–Kier alpha value is -2.14. The van der Waals surface area contributed by atoms with Crippen molar-refractivity contribution in [3.63, 3.8) is 0 Å². The molecular weight excluding hydrogens is 256 g/mol. The highest BCUT2D eigenvalue weighted by Gasteiger charge is 2.27. The maximum Gasteiger partial charge on any atom is 0.336 e. The van der Waals surface area contributed by atoms with Gasteiger partial charge >= 0.3 is 5.63 Å². The van der Waals surface area contributed by atoms with Crippen LogP contribution in [-0.4, -0.2) is 11.4 Å². The van der Waals surface area contributed by atoms with E-state index in [1.54, 1.807) is 31.2 Å². The van der Waals surface area contributed by atoms with Crippen LogP contribution < -0.4 is 16.7 Å². The second kappa shape index (κ2) is 5.46. The standard InChI is InChI=1S/C15H18N2O3/c1-3-8-15(2,16)14(19)17-11-5-6-12-10(9-11)4-7-13(18)20-12/h4-7,9H,3,8,16H2,1-2H3,(H,17,19). The molecule has 0 bridgehead atoms. The zero-order valence-electron chi connectivity index (χ0n) is 11.6. The molecule has 0 radical (unpaired) electrons. The lowest BCUT2D eigenvalue weighted by Crippen LogP contribution is -2.48. The molecule has 5 nitrogen and oxygen atoms in total. The molecule has 0 saturated heterocycles. The largest absolute Gasteiger partial charge is 0.423 e. The fourth-order valence-corrected chi connectivity index (χ4v) is 2.06. The van der Waals surface area contributed by atoms with E-state index < -0.39 is 11.2 Å². The van der Waals surface area contributed by atoms with Crippen LogP contribution in [0.1, 0.15) is 26.7 Å². The number of nitrogens with one attached hydrogen (secondary N) is 1. The molecule has 0 spiro atoms. The third-order valence-electron chi connectivity index (χ3n) is 3.17. The van der Waals surface area contributed by atoms with Gasteiger partial charge in [-0.2, -0.15) is 0 Å². The number of benzene rings is 1. The van der Waals surface area contributed by atoms with E-state index in [0.717, 1.165) is 11.8 Å². The van der Waals surface area contributed by atoms with Gasteiger partial charge in [-0.25, -0.2) is 4.79 Å². The number of carbonyl (C=O) groups excluding carboxylic acids is 1. The molecule has 3 N–H and O–H groups in total. The quantitative estimate of drug-likeness (QED) is 0.837. The van der Waals surface area contributed by atoms with E-state index in [4.69, 9.17) is 10.2 Å². The molecule has 1 heterocycles. The van der Waals surface area contributed by atoms with Crippen LogP contribution in [0.5, 0.6) is 0 Å². The smallest absolute Gasteiger partial charge is 0.336 e. The maximum absolute atomic E-state index is 12.1. The third kappa shape index (κ3) is 3.05. The Morgan fingerprint density at radius 3 is 2.80 bits per heavy atom. The van der Waals surface area contributed by atoms with Gasteiger partial charge in [0.15, 0.2) is 0 Å². The van der Waals surface area contributed by atoms with E-state index in [-0.39, 0.29) is 5.91 Å². The van der Waals surface area contributed by atoms with Gasteiger partial charge in [0.05, 0.1) is 5.54 Å². The number of anilines is 1. The van der Waals surface area contributed by atoms with Gasteiger partial charge in [0.1, 0.15) is 5.58 Å². The van der Waals surface area contributed by atoms with Crippen LogP contribution in [0.25, 0.3) is 11.0 Å². The molecule has 1 amide bonds. The SMILES string of the molecule is CCCC(C)(N)C(=O)Nc1ccc2oc(=O)ccc2c1. The summed E-state index contributed by atoms with van der Waals surface area (Å²) in [6.07, 6.45) is 1.45. The predicted molar refractivity (Wildman–Crippen MR) is 78.6 cm³/mol. The third-order valence-corrected chi connectivity index (χ3v) is 3.17. The highest BCUT2D eigenvalue weighted by Crippen LogP contribution is 2.19. The summed E-state index contributed by atoms with van der Waals surface area (Å²) >= 11 is 0. The Balaban J connectivity index is 2.24. The monoisotopic (exact) mass is 274 g/mol. The maximum atomic E-state index is 12.1. The Morgan fingerprint density at radius 1 is 1.35 bits per heavy atom. The number of carbonyl (C=O) groups is 1. The number of rotatable bonds is 4. The first-order valence-corrected chi connectivity index (χ1v) is 6.56. The average molecular weight is 274 g/mol. The lowest BCUT2D eigenvalue weighted by atomic mass is 9.96. The molecule has 20 heavy (non-hydrogen) atoms. The molecule has 1 unspecified atom stereocenters. The van der Waals surface area contributed by atoms with E-state index in [0.29, 0.717) is 17.7 Å². The first-order valence-electron chi connectivity index (χ1n) is 6.56. The zero-order valence-corrected chi connectivity index (χ0v) is 11.6. The van der Waals surface area contributed by atoms with Crippen molar-refractivity contribution in [2.75, 3.05) is 5.32 Å². The summed E-state index contributed by atoms with van der Waals surface area (Å²) in [6, 6.07) is 8.09. The van der Waals surface area contributed by atoms with Crippen LogP contribution in [-0.2, 0) is 4.79 Å². The van der Waals surface area contributed by atoms with E-state index in [2.05, 4.69) is 5.32 Å². The molecule has 5 heteroatoms. The summed E-state index contributed by atoms with van der Waals surface area (Å²) < 4.78 is 5.03. The first-order chi connectivity index (χ1) is 9.42. The second-order valence-electron chi connectivity index (χ2n) is 5.13. The summed E-state index contributed by atoms with van der Waals surface area (Å²) in [5.74, 6) is -0.226. The first kappa shape index (κ1) is 14.3. The lowest BCUT2D eigenvalue weighted by Gasteiger charge is -2.22. The van der Waals surface area contributed by atoms with Crippen LogP contribution in [0.4, 0.5) is 5.69 Å². The van der Waals surface area contributed by atoms with Crippen molar-refractivity contribution in [1.82, 2.24) is 0 Å². The summed E-state index contributed by atoms with van der Waals surface area (Å²) in [7, 11) is 0. The molecule has 1 atom stereocenters.